The molecule has 0 bridgehead atoms. The number of hydrogen-bond acceptors (Lipinski definition) is 9. The van der Waals surface area contributed by atoms with E-state index in [0.29, 0.717) is 19.6 Å². The van der Waals surface area contributed by atoms with Crippen LogP contribution >= 0.6 is 23.2 Å². The van der Waals surface area contributed by atoms with Crippen LogP contribution in [-0.2, 0) is 16.0 Å². The Kier molecular flexibility index (Phi) is 9.19. The third kappa shape index (κ3) is 7.35. The van der Waals surface area contributed by atoms with Crippen molar-refractivity contribution in [1.82, 2.24) is 9.88 Å². The number of ether oxygens (including phenoxy) is 4. The largest absolute Gasteiger partial charge is 0.488 e. The Labute approximate surface area is 234 Å². The van der Waals surface area contributed by atoms with Crippen molar-refractivity contribution in [1.29, 1.82) is 0 Å². The molecule has 0 saturated heterocycles. The minimum absolute atomic E-state index is 0.0212. The van der Waals surface area contributed by atoms with E-state index in [0.717, 1.165) is 23.9 Å². The van der Waals surface area contributed by atoms with E-state index in [1.165, 1.54) is 12.1 Å². The monoisotopic (exact) mass is 570 g/mol. The molecule has 0 spiro atoms. The molecule has 0 radical (unpaired) electrons. The van der Waals surface area contributed by atoms with Gasteiger partial charge in [0, 0.05) is 37.3 Å². The molecule has 0 saturated carbocycles. The van der Waals surface area contributed by atoms with Gasteiger partial charge in [0.1, 0.15) is 12.2 Å². The Morgan fingerprint density at radius 2 is 1.64 bits per heavy atom. The number of fused-ring (bicyclic) bond motifs is 1. The second-order valence-electron chi connectivity index (χ2n) is 8.68. The minimum Gasteiger partial charge on any atom is -0.488 e. The molecule has 0 atom stereocenters. The molecule has 9 nitrogen and oxygen atoms in total. The van der Waals surface area contributed by atoms with E-state index in [2.05, 4.69) is 4.98 Å². The van der Waals surface area contributed by atoms with Gasteiger partial charge in [-0.1, -0.05) is 53.5 Å². The zero-order chi connectivity index (χ0) is 27.9. The smallest absolute Gasteiger partial charge is 0.336 e. The van der Waals surface area contributed by atoms with Crippen molar-refractivity contribution in [2.45, 2.75) is 12.8 Å². The maximum absolute atomic E-state index is 13.6. The maximum Gasteiger partial charge on any atom is 0.336 e. The summed E-state index contributed by atoms with van der Waals surface area (Å²) in [5.41, 5.74) is 0.748. The van der Waals surface area contributed by atoms with E-state index in [9.17, 15) is 14.4 Å². The molecule has 1 aliphatic heterocycles. The summed E-state index contributed by atoms with van der Waals surface area (Å²) in [6.45, 7) is 0.913. The fourth-order valence-corrected chi connectivity index (χ4v) is 3.85. The number of likely N-dealkylation sites (N-methyl/N-ethyl adjacent to an activating group) is 1. The van der Waals surface area contributed by atoms with Crippen LogP contribution in [0.4, 0.5) is 0 Å². The Bertz CT molecular complexity index is 1430. The minimum atomic E-state index is -0.871. The van der Waals surface area contributed by atoms with E-state index < -0.39 is 17.7 Å². The zero-order valence-corrected chi connectivity index (χ0v) is 22.6. The molecule has 1 aliphatic rings. The van der Waals surface area contributed by atoms with E-state index in [4.69, 9.17) is 42.1 Å². The molecule has 202 valence electrons. The molecule has 0 fully saturated rings. The highest BCUT2D eigenvalue weighted by Crippen LogP contribution is 2.43. The molecule has 0 aliphatic carbocycles. The van der Waals surface area contributed by atoms with Crippen molar-refractivity contribution in [3.63, 3.8) is 0 Å². The second kappa shape index (κ2) is 12.8. The van der Waals surface area contributed by atoms with Gasteiger partial charge in [-0.15, -0.1) is 0 Å². The normalized spacial score (nSPS) is 13.6. The summed E-state index contributed by atoms with van der Waals surface area (Å²) in [7, 11) is 3.79. The predicted octanol–water partition coefficient (Wildman–Crippen LogP) is 5.32. The van der Waals surface area contributed by atoms with E-state index in [1.54, 1.807) is 0 Å². The summed E-state index contributed by atoms with van der Waals surface area (Å²) in [6, 6.07) is 12.3. The topological polar surface area (TPSA) is 104 Å². The van der Waals surface area contributed by atoms with Crippen LogP contribution in [0.25, 0.3) is 0 Å². The van der Waals surface area contributed by atoms with Gasteiger partial charge in [-0.05, 0) is 26.1 Å². The number of ketones is 1. The number of rotatable bonds is 10. The van der Waals surface area contributed by atoms with Crippen LogP contribution in [0.15, 0.2) is 60.8 Å². The van der Waals surface area contributed by atoms with E-state index in [-0.39, 0.29) is 50.9 Å². The Balaban J connectivity index is 1.75. The van der Waals surface area contributed by atoms with Gasteiger partial charge in [-0.2, -0.15) is 0 Å². The molecular weight excluding hydrogens is 547 g/mol. The number of Topliss-reactive ketones (excluding diaryl/α,β-unsaturated/α-hetero) is 1. The maximum atomic E-state index is 13.6. The summed E-state index contributed by atoms with van der Waals surface area (Å²) in [6.07, 6.45) is 3.36. The number of halogens is 2. The first-order valence-electron chi connectivity index (χ1n) is 11.9. The van der Waals surface area contributed by atoms with E-state index in [1.807, 2.05) is 49.3 Å². The quantitative estimate of drug-likeness (QED) is 0.236. The molecule has 11 heteroatoms. The summed E-state index contributed by atoms with van der Waals surface area (Å²) < 4.78 is 22.5. The first kappa shape index (κ1) is 28.1. The average molecular weight is 571 g/mol. The molecule has 0 N–H and O–H groups in total. The van der Waals surface area contributed by atoms with Crippen LogP contribution in [0.1, 0.15) is 22.3 Å². The van der Waals surface area contributed by atoms with Crippen molar-refractivity contribution >= 4 is 40.9 Å². The lowest BCUT2D eigenvalue weighted by Gasteiger charge is -2.19. The summed E-state index contributed by atoms with van der Waals surface area (Å²) >= 11 is 12.5. The number of benzene rings is 2. The predicted molar refractivity (Wildman–Crippen MR) is 144 cm³/mol. The SMILES string of the molecule is CN(C)CCOc1cc(Cl)c(Cl)cc1Oc1ncc2c(c1C(=O)CCc1ccccc1)OC(=O)/C=C\C(=O)O2. The highest BCUT2D eigenvalue weighted by atomic mass is 35.5. The van der Waals surface area contributed by atoms with Crippen LogP contribution in [0.2, 0.25) is 10.0 Å². The number of aromatic nitrogens is 1. The molecule has 1 aromatic heterocycles. The van der Waals surface area contributed by atoms with Crippen LogP contribution in [0.5, 0.6) is 28.9 Å². The third-order valence-electron chi connectivity index (χ3n) is 5.48. The van der Waals surface area contributed by atoms with Gasteiger partial charge in [-0.25, -0.2) is 14.6 Å². The van der Waals surface area contributed by atoms with E-state index >= 15 is 0 Å². The Hall–Kier alpha value is -3.92. The highest BCUT2D eigenvalue weighted by Gasteiger charge is 2.29. The summed E-state index contributed by atoms with van der Waals surface area (Å²) in [5.74, 6) is -2.45. The second-order valence-corrected chi connectivity index (χ2v) is 9.50. The highest BCUT2D eigenvalue weighted by molar-refractivity contribution is 6.42. The number of carbonyl (C=O) groups is 3. The number of nitrogens with zero attached hydrogens (tertiary/aromatic N) is 2. The molecule has 39 heavy (non-hydrogen) atoms. The lowest BCUT2D eigenvalue weighted by Crippen LogP contribution is -2.19. The molecular formula is C28H24Cl2N2O7. The van der Waals surface area contributed by atoms with Gasteiger partial charge in [0.05, 0.1) is 16.2 Å². The van der Waals surface area contributed by atoms with Crippen molar-refractivity contribution in [3.8, 4) is 28.9 Å². The third-order valence-corrected chi connectivity index (χ3v) is 6.21. The van der Waals surface area contributed by atoms with Gasteiger partial charge in [-0.3, -0.25) is 4.79 Å². The molecule has 0 amide bonds. The first-order chi connectivity index (χ1) is 18.7. The Morgan fingerprint density at radius 3 is 2.33 bits per heavy atom. The van der Waals surface area contributed by atoms with Crippen LogP contribution in [0.3, 0.4) is 0 Å². The number of hydrogen-bond donors (Lipinski definition) is 0. The fourth-order valence-electron chi connectivity index (χ4n) is 3.54. The van der Waals surface area contributed by atoms with Crippen LogP contribution in [0, 0.1) is 0 Å². The molecule has 2 heterocycles. The Morgan fingerprint density at radius 1 is 0.974 bits per heavy atom. The zero-order valence-electron chi connectivity index (χ0n) is 21.1. The average Bonchev–Trinajstić information content (AvgIpc) is 2.90. The molecule has 3 aromatic rings. The van der Waals surface area contributed by atoms with Crippen molar-refractivity contribution in [2.24, 2.45) is 0 Å². The summed E-state index contributed by atoms with van der Waals surface area (Å²) in [4.78, 5) is 44.1. The van der Waals surface area contributed by atoms with Gasteiger partial charge in [0.25, 0.3) is 0 Å². The lowest BCUT2D eigenvalue weighted by atomic mass is 10.0. The fraction of sp³-hybridized carbons (Fsp3) is 0.214. The van der Waals surface area contributed by atoms with Gasteiger partial charge in [0.15, 0.2) is 28.8 Å². The molecule has 2 aromatic carbocycles. The first-order valence-corrected chi connectivity index (χ1v) is 12.6. The van der Waals surface area contributed by atoms with Gasteiger partial charge >= 0.3 is 11.9 Å². The van der Waals surface area contributed by atoms with Gasteiger partial charge < -0.3 is 23.8 Å². The van der Waals surface area contributed by atoms with Crippen LogP contribution < -0.4 is 18.9 Å². The number of carbonyl (C=O) groups excluding carboxylic acids is 3. The summed E-state index contributed by atoms with van der Waals surface area (Å²) in [5, 5.41) is 0.419. The number of pyridine rings is 1. The van der Waals surface area contributed by atoms with Crippen molar-refractivity contribution in [2.75, 3.05) is 27.2 Å². The van der Waals surface area contributed by atoms with Crippen LogP contribution in [-0.4, -0.2) is 54.9 Å². The molecule has 0 unspecified atom stereocenters. The van der Waals surface area contributed by atoms with Crippen molar-refractivity contribution < 1.29 is 33.3 Å². The molecule has 4 rings (SSSR count). The number of esters is 2. The van der Waals surface area contributed by atoms with Crippen molar-refractivity contribution in [3.05, 3.63) is 82.0 Å². The van der Waals surface area contributed by atoms with Gasteiger partial charge in [0.2, 0.25) is 5.88 Å². The number of aryl methyl sites for hydroxylation is 1. The lowest BCUT2D eigenvalue weighted by molar-refractivity contribution is -0.133. The standard InChI is InChI=1S/C28H24Cl2N2O7/c1-32(2)12-13-36-21-14-18(29)19(30)15-22(21)38-28-26(20(33)9-8-17-6-4-3-5-7-17)27-23(16-31-28)37-24(34)10-11-25(35)39-27/h3-7,10-11,14-16H,8-9,12-13H2,1-2H3/b11-10-.